The molecule has 0 fully saturated rings. The van der Waals surface area contributed by atoms with Crippen LogP contribution in [-0.2, 0) is 19.6 Å². The molecule has 0 aliphatic rings. The van der Waals surface area contributed by atoms with E-state index < -0.39 is 0 Å². The molecule has 2 aromatic rings. The van der Waals surface area contributed by atoms with Crippen LogP contribution in [-0.4, -0.2) is 14.9 Å². The number of nitrogens with zero attached hydrogens (tertiary/aromatic N) is 2. The number of aryl methyl sites for hydroxylation is 2. The molecule has 0 saturated heterocycles. The molecule has 19 heavy (non-hydrogen) atoms. The van der Waals surface area contributed by atoms with Gasteiger partial charge in [0, 0.05) is 12.6 Å². The van der Waals surface area contributed by atoms with E-state index in [1.54, 1.807) is 24.3 Å². The first-order chi connectivity index (χ1) is 9.15. The van der Waals surface area contributed by atoms with Crippen LogP contribution in [0.3, 0.4) is 0 Å². The van der Waals surface area contributed by atoms with Gasteiger partial charge >= 0.3 is 0 Å². The summed E-state index contributed by atoms with van der Waals surface area (Å²) in [6.45, 7) is 5.12. The van der Waals surface area contributed by atoms with Crippen LogP contribution in [0.4, 0.5) is 0 Å². The molecule has 0 spiro atoms. The Hall–Kier alpha value is -1.68. The first-order valence-corrected chi connectivity index (χ1v) is 6.69. The van der Waals surface area contributed by atoms with Gasteiger partial charge in [-0.3, -0.25) is 4.68 Å². The number of phenolic OH excluding ortho intramolecular Hbond substituents is 1. The predicted octanol–water partition coefficient (Wildman–Crippen LogP) is 3.40. The number of aromatic hydroxyl groups is 1. The van der Waals surface area contributed by atoms with Crippen molar-refractivity contribution in [2.75, 3.05) is 0 Å². The summed E-state index contributed by atoms with van der Waals surface area (Å²) < 4.78 is 7.50. The van der Waals surface area contributed by atoms with Gasteiger partial charge in [-0.2, -0.15) is 5.10 Å². The second kappa shape index (κ2) is 5.97. The summed E-state index contributed by atoms with van der Waals surface area (Å²) >= 11 is 6.29. The Kier molecular flexibility index (Phi) is 4.32. The number of aromatic nitrogens is 2. The highest BCUT2D eigenvalue weighted by atomic mass is 35.5. The van der Waals surface area contributed by atoms with Crippen molar-refractivity contribution in [1.29, 1.82) is 0 Å². The molecule has 0 radical (unpaired) electrons. The fourth-order valence-electron chi connectivity index (χ4n) is 1.88. The highest BCUT2D eigenvalue weighted by Crippen LogP contribution is 2.24. The minimum absolute atomic E-state index is 0.182. The maximum absolute atomic E-state index is 9.38. The second-order valence-corrected chi connectivity index (χ2v) is 4.54. The Morgan fingerprint density at radius 2 is 2.16 bits per heavy atom. The summed E-state index contributed by atoms with van der Waals surface area (Å²) in [5.74, 6) is 0.791. The summed E-state index contributed by atoms with van der Waals surface area (Å²) in [5, 5.41) is 14.5. The van der Waals surface area contributed by atoms with Crippen molar-refractivity contribution in [3.8, 4) is 11.5 Å². The second-order valence-electron chi connectivity index (χ2n) is 4.16. The number of rotatable bonds is 5. The van der Waals surface area contributed by atoms with Crippen molar-refractivity contribution >= 4 is 11.6 Å². The van der Waals surface area contributed by atoms with Gasteiger partial charge in [0.2, 0.25) is 0 Å². The molecule has 0 bridgehead atoms. The van der Waals surface area contributed by atoms with Gasteiger partial charge in [-0.05, 0) is 25.5 Å². The number of ether oxygens (including phenoxy) is 1. The number of hydrogen-bond donors (Lipinski definition) is 1. The lowest BCUT2D eigenvalue weighted by atomic mass is 10.3. The predicted molar refractivity (Wildman–Crippen MR) is 74.7 cm³/mol. The SMILES string of the molecule is CCc1nn(CC)c(COc2cccc(O)c2)c1Cl. The van der Waals surface area contributed by atoms with E-state index >= 15 is 0 Å². The zero-order valence-electron chi connectivity index (χ0n) is 11.1. The summed E-state index contributed by atoms with van der Waals surface area (Å²) in [6, 6.07) is 6.70. The van der Waals surface area contributed by atoms with Crippen LogP contribution < -0.4 is 4.74 Å². The molecule has 0 atom stereocenters. The number of benzene rings is 1. The molecule has 2 rings (SSSR count). The molecule has 0 aliphatic heterocycles. The smallest absolute Gasteiger partial charge is 0.131 e. The average Bonchev–Trinajstić information content (AvgIpc) is 2.72. The Bertz CT molecular complexity index is 567. The standard InChI is InChI=1S/C14H17ClN2O2/c1-3-12-14(15)13(17(4-2)16-12)9-19-11-7-5-6-10(18)8-11/h5-8,18H,3-4,9H2,1-2H3. The van der Waals surface area contributed by atoms with Gasteiger partial charge in [0.15, 0.2) is 0 Å². The van der Waals surface area contributed by atoms with Gasteiger partial charge < -0.3 is 9.84 Å². The number of halogens is 1. The van der Waals surface area contributed by atoms with E-state index in [0.717, 1.165) is 24.4 Å². The minimum Gasteiger partial charge on any atom is -0.508 e. The fraction of sp³-hybridized carbons (Fsp3) is 0.357. The van der Waals surface area contributed by atoms with E-state index in [9.17, 15) is 5.11 Å². The van der Waals surface area contributed by atoms with Crippen LogP contribution >= 0.6 is 11.6 Å². The van der Waals surface area contributed by atoms with Crippen molar-refractivity contribution < 1.29 is 9.84 Å². The normalized spacial score (nSPS) is 10.7. The molecule has 0 unspecified atom stereocenters. The van der Waals surface area contributed by atoms with Crippen molar-refractivity contribution in [1.82, 2.24) is 9.78 Å². The summed E-state index contributed by atoms with van der Waals surface area (Å²) in [5.41, 5.74) is 1.75. The lowest BCUT2D eigenvalue weighted by molar-refractivity contribution is 0.291. The largest absolute Gasteiger partial charge is 0.508 e. The van der Waals surface area contributed by atoms with Gasteiger partial charge in [-0.25, -0.2) is 0 Å². The van der Waals surface area contributed by atoms with Crippen molar-refractivity contribution in [3.05, 3.63) is 40.7 Å². The molecule has 102 valence electrons. The van der Waals surface area contributed by atoms with E-state index in [1.807, 2.05) is 18.5 Å². The Balaban J connectivity index is 2.17. The Morgan fingerprint density at radius 1 is 1.37 bits per heavy atom. The van der Waals surface area contributed by atoms with Crippen LogP contribution in [0.1, 0.15) is 25.2 Å². The molecule has 0 amide bonds. The Morgan fingerprint density at radius 3 is 2.79 bits per heavy atom. The van der Waals surface area contributed by atoms with Gasteiger partial charge in [0.25, 0.3) is 0 Å². The molecular formula is C14H17ClN2O2. The molecular weight excluding hydrogens is 264 g/mol. The van der Waals surface area contributed by atoms with E-state index in [4.69, 9.17) is 16.3 Å². The first-order valence-electron chi connectivity index (χ1n) is 6.31. The average molecular weight is 281 g/mol. The molecule has 1 aromatic carbocycles. The molecule has 5 heteroatoms. The maximum Gasteiger partial charge on any atom is 0.131 e. The molecule has 1 aromatic heterocycles. The minimum atomic E-state index is 0.182. The van der Waals surface area contributed by atoms with Gasteiger partial charge in [0.05, 0.1) is 16.4 Å². The van der Waals surface area contributed by atoms with Crippen LogP contribution in [0.5, 0.6) is 11.5 Å². The zero-order chi connectivity index (χ0) is 13.8. The van der Waals surface area contributed by atoms with Crippen molar-refractivity contribution in [3.63, 3.8) is 0 Å². The van der Waals surface area contributed by atoms with E-state index in [0.29, 0.717) is 17.4 Å². The lowest BCUT2D eigenvalue weighted by Gasteiger charge is -2.08. The fourth-order valence-corrected chi connectivity index (χ4v) is 2.20. The summed E-state index contributed by atoms with van der Waals surface area (Å²) in [7, 11) is 0. The van der Waals surface area contributed by atoms with Gasteiger partial charge in [0.1, 0.15) is 18.1 Å². The molecule has 1 heterocycles. The van der Waals surface area contributed by atoms with Crippen LogP contribution in [0.15, 0.2) is 24.3 Å². The highest BCUT2D eigenvalue weighted by Gasteiger charge is 2.14. The zero-order valence-corrected chi connectivity index (χ0v) is 11.8. The Labute approximate surface area is 117 Å². The van der Waals surface area contributed by atoms with E-state index in [2.05, 4.69) is 5.10 Å². The summed E-state index contributed by atoms with van der Waals surface area (Å²) in [6.07, 6.45) is 0.797. The molecule has 1 N–H and O–H groups in total. The molecule has 0 saturated carbocycles. The third-order valence-electron chi connectivity index (χ3n) is 2.89. The molecule has 0 aliphatic carbocycles. The highest BCUT2D eigenvalue weighted by molar-refractivity contribution is 6.31. The number of phenols is 1. The third kappa shape index (κ3) is 3.01. The van der Waals surface area contributed by atoms with Crippen molar-refractivity contribution in [2.45, 2.75) is 33.4 Å². The van der Waals surface area contributed by atoms with E-state index in [1.165, 1.54) is 0 Å². The first kappa shape index (κ1) is 13.7. The van der Waals surface area contributed by atoms with Gasteiger partial charge in [-0.15, -0.1) is 0 Å². The quantitative estimate of drug-likeness (QED) is 0.913. The van der Waals surface area contributed by atoms with Gasteiger partial charge in [-0.1, -0.05) is 24.6 Å². The maximum atomic E-state index is 9.38. The topological polar surface area (TPSA) is 47.3 Å². The van der Waals surface area contributed by atoms with E-state index in [-0.39, 0.29) is 5.75 Å². The third-order valence-corrected chi connectivity index (χ3v) is 3.32. The van der Waals surface area contributed by atoms with Crippen molar-refractivity contribution in [2.24, 2.45) is 0 Å². The lowest BCUT2D eigenvalue weighted by Crippen LogP contribution is -2.06. The van der Waals surface area contributed by atoms with Crippen LogP contribution in [0.25, 0.3) is 0 Å². The van der Waals surface area contributed by atoms with Crippen LogP contribution in [0.2, 0.25) is 5.02 Å². The summed E-state index contributed by atoms with van der Waals surface area (Å²) in [4.78, 5) is 0. The monoisotopic (exact) mass is 280 g/mol. The number of hydrogen-bond acceptors (Lipinski definition) is 3. The molecule has 4 nitrogen and oxygen atoms in total. The van der Waals surface area contributed by atoms with Crippen LogP contribution in [0, 0.1) is 0 Å².